The first kappa shape index (κ1) is 26.4. The van der Waals surface area contributed by atoms with Crippen LogP contribution in [-0.4, -0.2) is 53.5 Å². The topological polar surface area (TPSA) is 65.7 Å². The summed E-state index contributed by atoms with van der Waals surface area (Å²) in [4.78, 5) is 28.8. The number of nitrogens with zero attached hydrogens (tertiary/aromatic N) is 5. The fourth-order valence-electron chi connectivity index (χ4n) is 5.17. The van der Waals surface area contributed by atoms with Crippen LogP contribution in [0, 0.1) is 11.6 Å². The molecule has 9 heteroatoms. The largest absolute Gasteiger partial charge is 0.467 e. The predicted molar refractivity (Wildman–Crippen MR) is 154 cm³/mol. The van der Waals surface area contributed by atoms with Crippen molar-refractivity contribution in [3.63, 3.8) is 0 Å². The van der Waals surface area contributed by atoms with Crippen LogP contribution in [0.25, 0.3) is 22.3 Å². The maximum Gasteiger partial charge on any atom is 0.224 e. The molecule has 0 bridgehead atoms. The summed E-state index contributed by atoms with van der Waals surface area (Å²) >= 11 is 0. The zero-order valence-electron chi connectivity index (χ0n) is 22.4. The summed E-state index contributed by atoms with van der Waals surface area (Å²) in [7, 11) is 0. The second-order valence-corrected chi connectivity index (χ2v) is 9.97. The minimum Gasteiger partial charge on any atom is -0.467 e. The lowest BCUT2D eigenvalue weighted by atomic mass is 10.1. The van der Waals surface area contributed by atoms with Crippen LogP contribution in [0.3, 0.4) is 0 Å². The van der Waals surface area contributed by atoms with E-state index in [9.17, 15) is 13.6 Å². The minimum absolute atomic E-state index is 0.0275. The number of para-hydroxylation sites is 2. The van der Waals surface area contributed by atoms with E-state index >= 15 is 0 Å². The molecule has 5 aromatic rings. The highest BCUT2D eigenvalue weighted by Gasteiger charge is 2.24. The monoisotopic (exact) mass is 553 g/mol. The van der Waals surface area contributed by atoms with E-state index in [-0.39, 0.29) is 24.0 Å². The second-order valence-electron chi connectivity index (χ2n) is 9.97. The molecule has 1 amide bonds. The van der Waals surface area contributed by atoms with Gasteiger partial charge in [-0.1, -0.05) is 24.3 Å². The molecule has 6 rings (SSSR count). The average Bonchev–Trinajstić information content (AvgIpc) is 3.53. The van der Waals surface area contributed by atoms with Gasteiger partial charge in [0.05, 0.1) is 24.0 Å². The van der Waals surface area contributed by atoms with Crippen molar-refractivity contribution in [3.8, 4) is 11.4 Å². The summed E-state index contributed by atoms with van der Waals surface area (Å²) in [5.74, 6) is 1.32. The van der Waals surface area contributed by atoms with E-state index in [2.05, 4.69) is 0 Å². The van der Waals surface area contributed by atoms with Crippen LogP contribution in [0.5, 0.6) is 0 Å². The third-order valence-corrected chi connectivity index (χ3v) is 7.33. The zero-order valence-corrected chi connectivity index (χ0v) is 22.4. The lowest BCUT2D eigenvalue weighted by Crippen LogP contribution is -2.49. The summed E-state index contributed by atoms with van der Waals surface area (Å²) in [6, 6.07) is 24.2. The molecule has 0 aliphatic carbocycles. The van der Waals surface area contributed by atoms with E-state index in [1.165, 1.54) is 18.2 Å². The van der Waals surface area contributed by atoms with Crippen molar-refractivity contribution in [2.75, 3.05) is 42.5 Å². The van der Waals surface area contributed by atoms with Gasteiger partial charge >= 0.3 is 0 Å². The van der Waals surface area contributed by atoms with Crippen molar-refractivity contribution in [2.45, 2.75) is 13.0 Å². The summed E-state index contributed by atoms with van der Waals surface area (Å²) in [6.45, 7) is 3.00. The SMILES string of the molecule is O=C(CCN(Cc1ccco1)c1nc(-c2ccc(F)cc2)nc2ccccc12)N1CCN(c2ccccc2F)CC1. The molecule has 0 radical (unpaired) electrons. The highest BCUT2D eigenvalue weighted by Crippen LogP contribution is 2.29. The number of anilines is 2. The van der Waals surface area contributed by atoms with Crippen LogP contribution >= 0.6 is 0 Å². The Morgan fingerprint density at radius 1 is 0.854 bits per heavy atom. The number of benzene rings is 3. The van der Waals surface area contributed by atoms with Crippen molar-refractivity contribution in [3.05, 3.63) is 109 Å². The minimum atomic E-state index is -0.331. The van der Waals surface area contributed by atoms with Crippen LogP contribution in [0.15, 0.2) is 95.6 Å². The number of carbonyl (C=O) groups is 1. The van der Waals surface area contributed by atoms with Gasteiger partial charge in [0.15, 0.2) is 5.82 Å². The quantitative estimate of drug-likeness (QED) is 0.238. The Balaban J connectivity index is 1.23. The lowest BCUT2D eigenvalue weighted by molar-refractivity contribution is -0.131. The van der Waals surface area contributed by atoms with Gasteiger partial charge in [-0.15, -0.1) is 0 Å². The van der Waals surface area contributed by atoms with Crippen LogP contribution in [0.4, 0.5) is 20.3 Å². The van der Waals surface area contributed by atoms with Crippen molar-refractivity contribution in [1.82, 2.24) is 14.9 Å². The first-order valence-corrected chi connectivity index (χ1v) is 13.6. The van der Waals surface area contributed by atoms with Gasteiger partial charge in [0.1, 0.15) is 23.2 Å². The third kappa shape index (κ3) is 5.89. The number of piperazine rings is 1. The van der Waals surface area contributed by atoms with Crippen molar-refractivity contribution in [2.24, 2.45) is 0 Å². The van der Waals surface area contributed by atoms with Gasteiger partial charge < -0.3 is 19.1 Å². The molecule has 0 saturated carbocycles. The molecule has 208 valence electrons. The van der Waals surface area contributed by atoms with Gasteiger partial charge in [-0.2, -0.15) is 0 Å². The number of furan rings is 1. The molecule has 2 aromatic heterocycles. The van der Waals surface area contributed by atoms with Crippen LogP contribution < -0.4 is 9.80 Å². The molecular formula is C32H29F2N5O2. The first-order valence-electron chi connectivity index (χ1n) is 13.6. The molecule has 1 fully saturated rings. The van der Waals surface area contributed by atoms with Crippen molar-refractivity contribution < 1.29 is 18.0 Å². The Hall–Kier alpha value is -4.79. The molecule has 0 atom stereocenters. The summed E-state index contributed by atoms with van der Waals surface area (Å²) in [5.41, 5.74) is 2.01. The number of fused-ring (bicyclic) bond motifs is 1. The number of halogens is 2. The number of carbonyl (C=O) groups excluding carboxylic acids is 1. The van der Waals surface area contributed by atoms with Crippen LogP contribution in [0.2, 0.25) is 0 Å². The van der Waals surface area contributed by atoms with Gasteiger partial charge in [-0.3, -0.25) is 4.79 Å². The molecular weight excluding hydrogens is 524 g/mol. The second kappa shape index (κ2) is 11.8. The van der Waals surface area contributed by atoms with E-state index < -0.39 is 0 Å². The Morgan fingerprint density at radius 3 is 2.37 bits per heavy atom. The van der Waals surface area contributed by atoms with E-state index in [4.69, 9.17) is 14.4 Å². The van der Waals surface area contributed by atoms with E-state index in [1.54, 1.807) is 30.5 Å². The average molecular weight is 554 g/mol. The molecule has 3 heterocycles. The zero-order chi connectivity index (χ0) is 28.2. The molecule has 1 saturated heterocycles. The normalized spacial score (nSPS) is 13.5. The Labute approximate surface area is 236 Å². The highest BCUT2D eigenvalue weighted by atomic mass is 19.1. The molecule has 1 aliphatic heterocycles. The number of aromatic nitrogens is 2. The smallest absolute Gasteiger partial charge is 0.224 e. The van der Waals surface area contributed by atoms with Gasteiger partial charge in [0, 0.05) is 50.1 Å². The standard InChI is InChI=1S/C32H29F2N5O2/c33-24-13-11-23(12-14-24)31-35-28-9-3-1-7-26(28)32(36-31)39(22-25-6-5-21-41-25)16-15-30(40)38-19-17-37(18-20-38)29-10-4-2-8-27(29)34/h1-14,21H,15-20,22H2. The molecule has 41 heavy (non-hydrogen) atoms. The summed E-state index contributed by atoms with van der Waals surface area (Å²) < 4.78 is 33.5. The number of rotatable bonds is 8. The number of amides is 1. The molecule has 0 spiro atoms. The number of hydrogen-bond donors (Lipinski definition) is 0. The fraction of sp³-hybridized carbons (Fsp3) is 0.219. The van der Waals surface area contributed by atoms with Gasteiger partial charge in [0.25, 0.3) is 0 Å². The van der Waals surface area contributed by atoms with E-state index in [0.717, 1.165) is 16.7 Å². The van der Waals surface area contributed by atoms with Gasteiger partial charge in [0.2, 0.25) is 5.91 Å². The van der Waals surface area contributed by atoms with E-state index in [1.807, 2.05) is 57.2 Å². The Morgan fingerprint density at radius 2 is 1.61 bits per heavy atom. The van der Waals surface area contributed by atoms with Crippen LogP contribution in [-0.2, 0) is 11.3 Å². The maximum atomic E-state index is 14.3. The maximum absolute atomic E-state index is 14.3. The van der Waals surface area contributed by atoms with Crippen molar-refractivity contribution >= 4 is 28.3 Å². The fourth-order valence-corrected chi connectivity index (χ4v) is 5.17. The third-order valence-electron chi connectivity index (χ3n) is 7.33. The lowest BCUT2D eigenvalue weighted by Gasteiger charge is -2.36. The summed E-state index contributed by atoms with van der Waals surface area (Å²) in [6.07, 6.45) is 1.89. The van der Waals surface area contributed by atoms with Gasteiger partial charge in [-0.05, 0) is 60.7 Å². The molecule has 0 unspecified atom stereocenters. The van der Waals surface area contributed by atoms with Crippen LogP contribution in [0.1, 0.15) is 12.2 Å². The highest BCUT2D eigenvalue weighted by molar-refractivity contribution is 5.91. The van der Waals surface area contributed by atoms with Gasteiger partial charge in [-0.25, -0.2) is 18.7 Å². The predicted octanol–water partition coefficient (Wildman–Crippen LogP) is 5.91. The molecule has 1 aliphatic rings. The number of hydrogen-bond acceptors (Lipinski definition) is 6. The molecule has 0 N–H and O–H groups in total. The Bertz CT molecular complexity index is 1630. The first-order chi connectivity index (χ1) is 20.0. The molecule has 7 nitrogen and oxygen atoms in total. The van der Waals surface area contributed by atoms with E-state index in [0.29, 0.717) is 62.2 Å². The van der Waals surface area contributed by atoms with Crippen molar-refractivity contribution in [1.29, 1.82) is 0 Å². The summed E-state index contributed by atoms with van der Waals surface area (Å²) in [5, 5.41) is 0.843. The Kier molecular flexibility index (Phi) is 7.58. The molecule has 3 aromatic carbocycles.